The van der Waals surface area contributed by atoms with Crippen molar-refractivity contribution >= 4 is 11.6 Å². The molecule has 0 radical (unpaired) electrons. The molecule has 0 spiro atoms. The maximum absolute atomic E-state index is 12.7. The highest BCUT2D eigenvalue weighted by atomic mass is 16.5. The maximum atomic E-state index is 12.7. The van der Waals surface area contributed by atoms with E-state index in [-0.39, 0.29) is 11.8 Å². The van der Waals surface area contributed by atoms with Crippen molar-refractivity contribution in [3.63, 3.8) is 0 Å². The van der Waals surface area contributed by atoms with Crippen LogP contribution in [0.15, 0.2) is 47.0 Å². The molecule has 1 aliphatic heterocycles. The third-order valence-corrected chi connectivity index (χ3v) is 5.03. The van der Waals surface area contributed by atoms with E-state index in [1.54, 1.807) is 0 Å². The summed E-state index contributed by atoms with van der Waals surface area (Å²) < 4.78 is 11.1. The molecule has 3 aromatic rings. The second kappa shape index (κ2) is 7.46. The summed E-state index contributed by atoms with van der Waals surface area (Å²) in [5.74, 6) is 1.75. The van der Waals surface area contributed by atoms with E-state index in [1.807, 2.05) is 68.1 Å². The number of carbonyl (C=O) groups is 1. The maximum Gasteiger partial charge on any atom is 0.232 e. The molecule has 1 aromatic heterocycles. The van der Waals surface area contributed by atoms with Crippen molar-refractivity contribution < 1.29 is 14.1 Å². The number of aryl methyl sites for hydroxylation is 2. The highest BCUT2D eigenvalue weighted by molar-refractivity contribution is 5.97. The average molecular weight is 377 g/mol. The number of rotatable bonds is 5. The molecule has 6 heteroatoms. The standard InChI is InChI=1S/C22H23N3O3/c1-4-27-18-10-6-9-16(11-18)21-23-22(28-24-21)17-12-19(26)25(13-17)20-14(2)7-5-8-15(20)3/h5-11,17H,4,12-13H2,1-3H3. The largest absolute Gasteiger partial charge is 0.494 e. The molecule has 0 saturated carbocycles. The summed E-state index contributed by atoms with van der Waals surface area (Å²) >= 11 is 0. The SMILES string of the molecule is CCOc1cccc(-c2noc(C3CC(=O)N(c4c(C)cccc4C)C3)n2)c1. The Hall–Kier alpha value is -3.15. The molecule has 4 rings (SSSR count). The van der Waals surface area contributed by atoms with Gasteiger partial charge in [-0.1, -0.05) is 35.5 Å². The normalized spacial score (nSPS) is 16.6. The number of hydrogen-bond donors (Lipinski definition) is 0. The van der Waals surface area contributed by atoms with Gasteiger partial charge >= 0.3 is 0 Å². The highest BCUT2D eigenvalue weighted by Gasteiger charge is 2.36. The lowest BCUT2D eigenvalue weighted by molar-refractivity contribution is -0.117. The predicted molar refractivity (Wildman–Crippen MR) is 107 cm³/mol. The zero-order valence-corrected chi connectivity index (χ0v) is 16.3. The molecule has 1 saturated heterocycles. The summed E-state index contributed by atoms with van der Waals surface area (Å²) in [5.41, 5.74) is 4.00. The first-order valence-electron chi connectivity index (χ1n) is 9.50. The van der Waals surface area contributed by atoms with Gasteiger partial charge in [0.2, 0.25) is 17.6 Å². The number of anilines is 1. The summed E-state index contributed by atoms with van der Waals surface area (Å²) in [6.45, 7) is 7.14. The molecule has 1 aliphatic rings. The van der Waals surface area contributed by atoms with Crippen molar-refractivity contribution in [2.24, 2.45) is 0 Å². The van der Waals surface area contributed by atoms with Gasteiger partial charge < -0.3 is 14.2 Å². The lowest BCUT2D eigenvalue weighted by Gasteiger charge is -2.21. The average Bonchev–Trinajstić information content (AvgIpc) is 3.30. The summed E-state index contributed by atoms with van der Waals surface area (Å²) in [6.07, 6.45) is 0.369. The van der Waals surface area contributed by atoms with Gasteiger partial charge in [-0.15, -0.1) is 0 Å². The first-order valence-corrected chi connectivity index (χ1v) is 9.50. The fourth-order valence-electron chi connectivity index (χ4n) is 3.73. The lowest BCUT2D eigenvalue weighted by atomic mass is 10.1. The van der Waals surface area contributed by atoms with Gasteiger partial charge in [0.05, 0.1) is 12.5 Å². The van der Waals surface area contributed by atoms with Gasteiger partial charge in [-0.05, 0) is 44.0 Å². The molecular weight excluding hydrogens is 354 g/mol. The van der Waals surface area contributed by atoms with Crippen molar-refractivity contribution in [1.29, 1.82) is 0 Å². The van der Waals surface area contributed by atoms with Crippen molar-refractivity contribution in [2.45, 2.75) is 33.1 Å². The molecule has 1 amide bonds. The first-order chi connectivity index (χ1) is 13.6. The Kier molecular flexibility index (Phi) is 4.86. The Morgan fingerprint density at radius 2 is 1.93 bits per heavy atom. The number of amides is 1. The van der Waals surface area contributed by atoms with Crippen molar-refractivity contribution in [1.82, 2.24) is 10.1 Å². The topological polar surface area (TPSA) is 68.5 Å². The number of nitrogens with zero attached hydrogens (tertiary/aromatic N) is 3. The van der Waals surface area contributed by atoms with Gasteiger partial charge in [0, 0.05) is 24.2 Å². The minimum Gasteiger partial charge on any atom is -0.494 e. The first kappa shape index (κ1) is 18.2. The molecule has 144 valence electrons. The highest BCUT2D eigenvalue weighted by Crippen LogP contribution is 2.35. The van der Waals surface area contributed by atoms with Crippen molar-refractivity contribution in [3.05, 3.63) is 59.5 Å². The van der Waals surface area contributed by atoms with Crippen LogP contribution in [0.3, 0.4) is 0 Å². The Labute approximate surface area is 164 Å². The van der Waals surface area contributed by atoms with E-state index in [0.717, 1.165) is 28.1 Å². The smallest absolute Gasteiger partial charge is 0.232 e. The van der Waals surface area contributed by atoms with E-state index in [4.69, 9.17) is 9.26 Å². The second-order valence-corrected chi connectivity index (χ2v) is 7.06. The number of ether oxygens (including phenoxy) is 1. The van der Waals surface area contributed by atoms with Gasteiger partial charge in [0.25, 0.3) is 0 Å². The third kappa shape index (κ3) is 3.38. The molecule has 1 unspecified atom stereocenters. The molecule has 0 aliphatic carbocycles. The Balaban J connectivity index is 1.57. The van der Waals surface area contributed by atoms with E-state index in [1.165, 1.54) is 0 Å². The predicted octanol–water partition coefficient (Wildman–Crippen LogP) is 4.27. The zero-order valence-electron chi connectivity index (χ0n) is 16.3. The van der Waals surface area contributed by atoms with E-state index in [2.05, 4.69) is 10.1 Å². The molecule has 1 fully saturated rings. The number of hydrogen-bond acceptors (Lipinski definition) is 5. The minimum atomic E-state index is -0.108. The van der Waals surface area contributed by atoms with Crippen LogP contribution in [-0.4, -0.2) is 29.2 Å². The summed E-state index contributed by atoms with van der Waals surface area (Å²) in [4.78, 5) is 19.1. The summed E-state index contributed by atoms with van der Waals surface area (Å²) in [7, 11) is 0. The molecule has 2 heterocycles. The minimum absolute atomic E-state index is 0.0838. The van der Waals surface area contributed by atoms with Crippen LogP contribution >= 0.6 is 0 Å². The van der Waals surface area contributed by atoms with Gasteiger partial charge in [0.15, 0.2) is 0 Å². The summed E-state index contributed by atoms with van der Waals surface area (Å²) in [6, 6.07) is 13.7. The second-order valence-electron chi connectivity index (χ2n) is 7.06. The van der Waals surface area contributed by atoms with Crippen LogP contribution in [0.2, 0.25) is 0 Å². The third-order valence-electron chi connectivity index (χ3n) is 5.03. The van der Waals surface area contributed by atoms with Crippen LogP contribution in [0, 0.1) is 13.8 Å². The molecule has 6 nitrogen and oxygen atoms in total. The molecule has 0 N–H and O–H groups in total. The van der Waals surface area contributed by atoms with Crippen LogP contribution in [0.1, 0.15) is 36.3 Å². The Morgan fingerprint density at radius 3 is 2.68 bits per heavy atom. The Bertz CT molecular complexity index is 992. The fraction of sp³-hybridized carbons (Fsp3) is 0.318. The van der Waals surface area contributed by atoms with Gasteiger partial charge in [-0.2, -0.15) is 4.98 Å². The molecular formula is C22H23N3O3. The quantitative estimate of drug-likeness (QED) is 0.664. The van der Waals surface area contributed by atoms with Gasteiger partial charge in [-0.3, -0.25) is 4.79 Å². The molecule has 2 aromatic carbocycles. The fourth-order valence-corrected chi connectivity index (χ4v) is 3.73. The zero-order chi connectivity index (χ0) is 19.7. The molecule has 0 bridgehead atoms. The van der Waals surface area contributed by atoms with Crippen LogP contribution in [0.4, 0.5) is 5.69 Å². The van der Waals surface area contributed by atoms with Crippen molar-refractivity contribution in [2.75, 3.05) is 18.1 Å². The number of carbonyl (C=O) groups excluding carboxylic acids is 1. The number of aromatic nitrogens is 2. The van der Waals surface area contributed by atoms with Gasteiger partial charge in [-0.25, -0.2) is 0 Å². The van der Waals surface area contributed by atoms with Crippen LogP contribution in [0.5, 0.6) is 5.75 Å². The van der Waals surface area contributed by atoms with Crippen molar-refractivity contribution in [3.8, 4) is 17.1 Å². The lowest BCUT2D eigenvalue weighted by Crippen LogP contribution is -2.26. The molecule has 28 heavy (non-hydrogen) atoms. The summed E-state index contributed by atoms with van der Waals surface area (Å²) in [5, 5.41) is 4.12. The van der Waals surface area contributed by atoms with Crippen LogP contribution < -0.4 is 9.64 Å². The number of para-hydroxylation sites is 1. The monoisotopic (exact) mass is 377 g/mol. The van der Waals surface area contributed by atoms with E-state index >= 15 is 0 Å². The Morgan fingerprint density at radius 1 is 1.18 bits per heavy atom. The van der Waals surface area contributed by atoms with E-state index in [9.17, 15) is 4.79 Å². The van der Waals surface area contributed by atoms with Crippen LogP contribution in [0.25, 0.3) is 11.4 Å². The van der Waals surface area contributed by atoms with E-state index in [0.29, 0.717) is 31.3 Å². The van der Waals surface area contributed by atoms with E-state index < -0.39 is 0 Å². The van der Waals surface area contributed by atoms with Crippen LogP contribution in [-0.2, 0) is 4.79 Å². The molecule has 1 atom stereocenters. The number of benzene rings is 2. The van der Waals surface area contributed by atoms with Gasteiger partial charge in [0.1, 0.15) is 5.75 Å².